The number of aliphatic hydroxyl groups excluding tert-OH is 1. The lowest BCUT2D eigenvalue weighted by Gasteiger charge is -2.10. The van der Waals surface area contributed by atoms with E-state index in [1.165, 1.54) is 0 Å². The van der Waals surface area contributed by atoms with Gasteiger partial charge in [-0.1, -0.05) is 25.1 Å². The summed E-state index contributed by atoms with van der Waals surface area (Å²) in [4.78, 5) is 0. The highest BCUT2D eigenvalue weighted by Gasteiger charge is 2.01. The van der Waals surface area contributed by atoms with E-state index in [0.717, 1.165) is 24.5 Å². The molecule has 1 aromatic rings. The van der Waals surface area contributed by atoms with Crippen molar-refractivity contribution in [2.45, 2.75) is 18.6 Å². The largest absolute Gasteiger partial charge is 0.493 e. The molecule has 0 bridgehead atoms. The molecule has 0 aliphatic carbocycles. The normalized spacial score (nSPS) is 12.4. The van der Waals surface area contributed by atoms with Gasteiger partial charge in [0.15, 0.2) is 0 Å². The van der Waals surface area contributed by atoms with E-state index < -0.39 is 0 Å². The van der Waals surface area contributed by atoms with Crippen LogP contribution in [-0.4, -0.2) is 29.3 Å². The van der Waals surface area contributed by atoms with Gasteiger partial charge in [0, 0.05) is 17.6 Å². The SMILES string of the molecule is CC(CCO)SCCOc1ccccc1. The van der Waals surface area contributed by atoms with Crippen LogP contribution in [0.25, 0.3) is 0 Å². The Morgan fingerprint density at radius 1 is 1.33 bits per heavy atom. The lowest BCUT2D eigenvalue weighted by atomic mass is 10.3. The second-order valence-electron chi connectivity index (χ2n) is 3.36. The topological polar surface area (TPSA) is 29.5 Å². The highest BCUT2D eigenvalue weighted by Crippen LogP contribution is 2.14. The Kier molecular flexibility index (Phi) is 6.28. The van der Waals surface area contributed by atoms with Gasteiger partial charge in [-0.25, -0.2) is 0 Å². The Balaban J connectivity index is 2.07. The van der Waals surface area contributed by atoms with Crippen LogP contribution in [0.5, 0.6) is 5.75 Å². The van der Waals surface area contributed by atoms with Crippen molar-refractivity contribution in [1.82, 2.24) is 0 Å². The van der Waals surface area contributed by atoms with Crippen molar-refractivity contribution >= 4 is 11.8 Å². The molecule has 1 rings (SSSR count). The third kappa shape index (κ3) is 5.70. The first-order chi connectivity index (χ1) is 7.33. The van der Waals surface area contributed by atoms with Gasteiger partial charge in [-0.3, -0.25) is 0 Å². The Hall–Kier alpha value is -0.670. The highest BCUT2D eigenvalue weighted by atomic mass is 32.2. The van der Waals surface area contributed by atoms with Crippen LogP contribution >= 0.6 is 11.8 Å². The van der Waals surface area contributed by atoms with Gasteiger partial charge in [0.1, 0.15) is 5.75 Å². The molecule has 15 heavy (non-hydrogen) atoms. The van der Waals surface area contributed by atoms with Gasteiger partial charge in [-0.2, -0.15) is 11.8 Å². The van der Waals surface area contributed by atoms with Crippen molar-refractivity contribution in [3.63, 3.8) is 0 Å². The molecule has 3 heteroatoms. The summed E-state index contributed by atoms with van der Waals surface area (Å²) < 4.78 is 5.55. The summed E-state index contributed by atoms with van der Waals surface area (Å²) in [7, 11) is 0. The van der Waals surface area contributed by atoms with E-state index >= 15 is 0 Å². The van der Waals surface area contributed by atoms with Crippen LogP contribution in [0.4, 0.5) is 0 Å². The molecule has 2 nitrogen and oxygen atoms in total. The molecule has 1 atom stereocenters. The van der Waals surface area contributed by atoms with Crippen LogP contribution in [0.2, 0.25) is 0 Å². The van der Waals surface area contributed by atoms with Gasteiger partial charge in [0.05, 0.1) is 6.61 Å². The predicted octanol–water partition coefficient (Wildman–Crippen LogP) is 2.57. The Morgan fingerprint density at radius 2 is 2.07 bits per heavy atom. The van der Waals surface area contributed by atoms with Crippen LogP contribution in [0.1, 0.15) is 13.3 Å². The van der Waals surface area contributed by atoms with Crippen molar-refractivity contribution < 1.29 is 9.84 Å². The van der Waals surface area contributed by atoms with Gasteiger partial charge in [-0.05, 0) is 18.6 Å². The van der Waals surface area contributed by atoms with Crippen LogP contribution in [0.3, 0.4) is 0 Å². The van der Waals surface area contributed by atoms with E-state index in [0.29, 0.717) is 5.25 Å². The summed E-state index contributed by atoms with van der Waals surface area (Å²) in [6.07, 6.45) is 0.857. The molecule has 0 saturated carbocycles. The van der Waals surface area contributed by atoms with Gasteiger partial charge >= 0.3 is 0 Å². The summed E-state index contributed by atoms with van der Waals surface area (Å²) in [6.45, 7) is 3.13. The molecule has 0 radical (unpaired) electrons. The van der Waals surface area contributed by atoms with Gasteiger partial charge in [0.2, 0.25) is 0 Å². The first-order valence-electron chi connectivity index (χ1n) is 5.23. The van der Waals surface area contributed by atoms with E-state index in [9.17, 15) is 0 Å². The molecular weight excluding hydrogens is 208 g/mol. The van der Waals surface area contributed by atoms with Crippen molar-refractivity contribution in [2.24, 2.45) is 0 Å². The maximum Gasteiger partial charge on any atom is 0.119 e. The fraction of sp³-hybridized carbons (Fsp3) is 0.500. The quantitative estimate of drug-likeness (QED) is 0.725. The fourth-order valence-electron chi connectivity index (χ4n) is 1.19. The predicted molar refractivity (Wildman–Crippen MR) is 65.6 cm³/mol. The number of para-hydroxylation sites is 1. The highest BCUT2D eigenvalue weighted by molar-refractivity contribution is 7.99. The summed E-state index contributed by atoms with van der Waals surface area (Å²) in [5, 5.41) is 9.24. The second-order valence-corrected chi connectivity index (χ2v) is 4.90. The Bertz CT molecular complexity index is 251. The van der Waals surface area contributed by atoms with Crippen molar-refractivity contribution in [3.05, 3.63) is 30.3 Å². The molecule has 0 fully saturated rings. The lowest BCUT2D eigenvalue weighted by Crippen LogP contribution is -2.06. The van der Waals surface area contributed by atoms with E-state index in [1.807, 2.05) is 42.1 Å². The monoisotopic (exact) mass is 226 g/mol. The first kappa shape index (κ1) is 12.4. The zero-order valence-electron chi connectivity index (χ0n) is 9.06. The molecule has 1 N–H and O–H groups in total. The maximum absolute atomic E-state index is 8.73. The third-order valence-corrected chi connectivity index (χ3v) is 3.24. The number of hydrogen-bond donors (Lipinski definition) is 1. The minimum Gasteiger partial charge on any atom is -0.493 e. The Morgan fingerprint density at radius 3 is 2.73 bits per heavy atom. The third-order valence-electron chi connectivity index (χ3n) is 2.03. The van der Waals surface area contributed by atoms with Gasteiger partial charge in [-0.15, -0.1) is 0 Å². The molecule has 0 aliphatic rings. The van der Waals surface area contributed by atoms with Crippen molar-refractivity contribution in [1.29, 1.82) is 0 Å². The molecule has 0 aliphatic heterocycles. The maximum atomic E-state index is 8.73. The average Bonchev–Trinajstić information content (AvgIpc) is 2.26. The number of aliphatic hydroxyl groups is 1. The minimum atomic E-state index is 0.272. The molecule has 84 valence electrons. The zero-order chi connectivity index (χ0) is 10.9. The summed E-state index contributed by atoms with van der Waals surface area (Å²) in [5.41, 5.74) is 0. The molecule has 0 saturated heterocycles. The Labute approximate surface area is 95.7 Å². The standard InChI is InChI=1S/C12H18O2S/c1-11(7-8-13)15-10-9-14-12-5-3-2-4-6-12/h2-6,11,13H,7-10H2,1H3. The molecule has 0 heterocycles. The average molecular weight is 226 g/mol. The summed E-state index contributed by atoms with van der Waals surface area (Å²) in [5.74, 6) is 1.89. The van der Waals surface area contributed by atoms with E-state index in [-0.39, 0.29) is 6.61 Å². The lowest BCUT2D eigenvalue weighted by molar-refractivity contribution is 0.288. The number of rotatable bonds is 7. The minimum absolute atomic E-state index is 0.272. The zero-order valence-corrected chi connectivity index (χ0v) is 9.87. The van der Waals surface area contributed by atoms with Gasteiger partial charge < -0.3 is 9.84 Å². The van der Waals surface area contributed by atoms with Crippen LogP contribution in [0.15, 0.2) is 30.3 Å². The van der Waals surface area contributed by atoms with Crippen LogP contribution in [0, 0.1) is 0 Å². The van der Waals surface area contributed by atoms with Crippen LogP contribution < -0.4 is 4.74 Å². The molecular formula is C12H18O2S. The van der Waals surface area contributed by atoms with E-state index in [4.69, 9.17) is 9.84 Å². The number of benzene rings is 1. The van der Waals surface area contributed by atoms with Gasteiger partial charge in [0.25, 0.3) is 0 Å². The smallest absolute Gasteiger partial charge is 0.119 e. The molecule has 0 amide bonds. The van der Waals surface area contributed by atoms with Crippen molar-refractivity contribution in [2.75, 3.05) is 19.0 Å². The summed E-state index contributed by atoms with van der Waals surface area (Å²) in [6, 6.07) is 9.84. The molecule has 0 spiro atoms. The number of hydrogen-bond acceptors (Lipinski definition) is 3. The van der Waals surface area contributed by atoms with Crippen LogP contribution in [-0.2, 0) is 0 Å². The number of ether oxygens (including phenoxy) is 1. The molecule has 1 unspecified atom stereocenters. The fourth-order valence-corrected chi connectivity index (χ4v) is 2.04. The molecule has 1 aromatic carbocycles. The van der Waals surface area contributed by atoms with E-state index in [1.54, 1.807) is 0 Å². The summed E-state index contributed by atoms with van der Waals surface area (Å²) >= 11 is 1.84. The number of thioether (sulfide) groups is 1. The molecule has 0 aromatic heterocycles. The second kappa shape index (κ2) is 7.60. The van der Waals surface area contributed by atoms with Crippen molar-refractivity contribution in [3.8, 4) is 5.75 Å². The first-order valence-corrected chi connectivity index (χ1v) is 6.28. The van der Waals surface area contributed by atoms with E-state index in [2.05, 4.69) is 6.92 Å².